The largest absolute Gasteiger partial charge is 0.347 e. The van der Waals surface area contributed by atoms with Crippen LogP contribution in [0, 0.1) is 5.92 Å². The molecule has 2 amide bonds. The summed E-state index contributed by atoms with van der Waals surface area (Å²) in [6.45, 7) is 4.61. The maximum Gasteiger partial charge on any atom is 0.246 e. The van der Waals surface area contributed by atoms with Crippen LogP contribution in [0.15, 0.2) is 53.2 Å². The molecule has 0 radical (unpaired) electrons. The Balaban J connectivity index is 1.22. The van der Waals surface area contributed by atoms with Crippen molar-refractivity contribution in [2.45, 2.75) is 77.3 Å². The molecule has 2 unspecified atom stereocenters. The summed E-state index contributed by atoms with van der Waals surface area (Å²) < 4.78 is 0. The van der Waals surface area contributed by atoms with Gasteiger partial charge in [-0.3, -0.25) is 9.59 Å². The van der Waals surface area contributed by atoms with E-state index in [2.05, 4.69) is 32.4 Å². The smallest absolute Gasteiger partial charge is 0.246 e. The quantitative estimate of drug-likeness (QED) is 0.454. The molecular weight excluding hydrogens is 476 g/mol. The Morgan fingerprint density at radius 1 is 1.03 bits per heavy atom. The van der Waals surface area contributed by atoms with Crippen LogP contribution in [-0.4, -0.2) is 49.7 Å². The molecule has 2 aromatic rings. The number of allylic oxidation sites excluding steroid dienone is 8. The van der Waals surface area contributed by atoms with E-state index >= 15 is 0 Å². The van der Waals surface area contributed by atoms with Gasteiger partial charge in [0.15, 0.2) is 0 Å². The molecule has 0 bridgehead atoms. The van der Waals surface area contributed by atoms with E-state index in [0.717, 1.165) is 68.6 Å². The molecule has 0 aromatic carbocycles. The van der Waals surface area contributed by atoms with Crippen LogP contribution in [0.5, 0.6) is 0 Å². The molecule has 198 valence electrons. The molecule has 0 spiro atoms. The Kier molecular flexibility index (Phi) is 6.64. The van der Waals surface area contributed by atoms with Crippen molar-refractivity contribution >= 4 is 23.5 Å². The highest BCUT2D eigenvalue weighted by Gasteiger charge is 2.36. The van der Waals surface area contributed by atoms with E-state index in [1.807, 2.05) is 31.1 Å². The number of imidazole rings is 2. The van der Waals surface area contributed by atoms with Gasteiger partial charge in [0, 0.05) is 6.54 Å². The molecule has 1 fully saturated rings. The van der Waals surface area contributed by atoms with E-state index in [9.17, 15) is 9.59 Å². The molecule has 38 heavy (non-hydrogen) atoms. The second-order valence-electron chi connectivity index (χ2n) is 11.2. The van der Waals surface area contributed by atoms with Crippen LogP contribution in [-0.2, 0) is 9.59 Å². The molecule has 4 aliphatic rings. The predicted molar refractivity (Wildman–Crippen MR) is 146 cm³/mol. The average Bonchev–Trinajstić information content (AvgIpc) is 3.72. The number of hydrogen-bond donors (Lipinski definition) is 3. The van der Waals surface area contributed by atoms with E-state index in [1.165, 1.54) is 22.3 Å². The second kappa shape index (κ2) is 10.2. The fourth-order valence-electron chi connectivity index (χ4n) is 6.63. The van der Waals surface area contributed by atoms with Crippen LogP contribution in [0.3, 0.4) is 0 Å². The number of carbonyl (C=O) groups excluding carboxylic acids is 2. The first-order valence-electron chi connectivity index (χ1n) is 13.9. The molecule has 3 heterocycles. The lowest BCUT2D eigenvalue weighted by Crippen LogP contribution is -2.48. The number of nitrogens with one attached hydrogen (secondary N) is 3. The lowest BCUT2D eigenvalue weighted by molar-refractivity contribution is -0.137. The third-order valence-corrected chi connectivity index (χ3v) is 8.61. The predicted octanol–water partition coefficient (Wildman–Crippen LogP) is 5.01. The molecule has 2 atom stereocenters. The van der Waals surface area contributed by atoms with Crippen LogP contribution in [0.1, 0.15) is 88.5 Å². The molecule has 8 heteroatoms. The molecule has 0 saturated carbocycles. The highest BCUT2D eigenvalue weighted by molar-refractivity contribution is 5.84. The summed E-state index contributed by atoms with van der Waals surface area (Å²) in [5.74, 6) is 0.846. The summed E-state index contributed by atoms with van der Waals surface area (Å²) in [7, 11) is 0. The van der Waals surface area contributed by atoms with Crippen molar-refractivity contribution in [2.24, 2.45) is 5.92 Å². The van der Waals surface area contributed by atoms with Gasteiger partial charge in [-0.15, -0.1) is 0 Å². The summed E-state index contributed by atoms with van der Waals surface area (Å²) >= 11 is 0. The maximum absolute atomic E-state index is 13.3. The summed E-state index contributed by atoms with van der Waals surface area (Å²) in [4.78, 5) is 42.0. The zero-order valence-electron chi connectivity index (χ0n) is 22.2. The van der Waals surface area contributed by atoms with Crippen LogP contribution in [0.25, 0.3) is 11.1 Å². The minimum Gasteiger partial charge on any atom is -0.347 e. The van der Waals surface area contributed by atoms with Gasteiger partial charge in [-0.25, -0.2) is 9.97 Å². The third-order valence-electron chi connectivity index (χ3n) is 8.61. The Bertz CT molecular complexity index is 1360. The standard InChI is InChI=1S/C30H36N6O2/c1-18(2)28(34-17-37)30(38)36-11-3-4-27(36)29-32-15-26(35-29)22-8-10-24-20(13-22)6-5-19-12-21(7-9-23(19)24)25-14-31-16-33-25/h12-18,27-28H,3-11H2,1-2H3,(H,31,33)(H,32,35)(H,34,37). The Hall–Kier alpha value is -3.68. The Morgan fingerprint density at radius 2 is 1.74 bits per heavy atom. The zero-order chi connectivity index (χ0) is 26.2. The minimum absolute atomic E-state index is 0.0252. The number of likely N-dealkylation sites (tertiary alicyclic amines) is 1. The van der Waals surface area contributed by atoms with Crippen molar-refractivity contribution in [3.8, 4) is 0 Å². The Labute approximate surface area is 223 Å². The van der Waals surface area contributed by atoms with Crippen molar-refractivity contribution in [3.05, 3.63) is 70.4 Å². The summed E-state index contributed by atoms with van der Waals surface area (Å²) in [5.41, 5.74) is 10.9. The number of amides is 2. The molecule has 2 aromatic heterocycles. The Morgan fingerprint density at radius 3 is 2.37 bits per heavy atom. The van der Waals surface area contributed by atoms with Crippen molar-refractivity contribution in [3.63, 3.8) is 0 Å². The number of fused-ring (bicyclic) bond motifs is 1. The van der Waals surface area contributed by atoms with E-state index < -0.39 is 6.04 Å². The molecule has 6 rings (SSSR count). The summed E-state index contributed by atoms with van der Waals surface area (Å²) in [6.07, 6.45) is 19.2. The zero-order valence-corrected chi connectivity index (χ0v) is 22.2. The van der Waals surface area contributed by atoms with Crippen LogP contribution in [0.4, 0.5) is 0 Å². The average molecular weight is 513 g/mol. The molecule has 8 nitrogen and oxygen atoms in total. The van der Waals surface area contributed by atoms with Gasteiger partial charge >= 0.3 is 0 Å². The van der Waals surface area contributed by atoms with E-state index in [-0.39, 0.29) is 17.9 Å². The van der Waals surface area contributed by atoms with Crippen molar-refractivity contribution in [2.75, 3.05) is 6.54 Å². The third kappa shape index (κ3) is 4.46. The van der Waals surface area contributed by atoms with E-state index in [4.69, 9.17) is 4.98 Å². The minimum atomic E-state index is -0.510. The lowest BCUT2D eigenvalue weighted by Gasteiger charge is -2.31. The van der Waals surface area contributed by atoms with Crippen molar-refractivity contribution in [1.82, 2.24) is 30.2 Å². The monoisotopic (exact) mass is 512 g/mol. The van der Waals surface area contributed by atoms with Crippen LogP contribution >= 0.6 is 0 Å². The van der Waals surface area contributed by atoms with Gasteiger partial charge in [0.25, 0.3) is 0 Å². The van der Waals surface area contributed by atoms with Gasteiger partial charge in [0.2, 0.25) is 12.3 Å². The first-order chi connectivity index (χ1) is 18.5. The second-order valence-corrected chi connectivity index (χ2v) is 11.2. The number of hydrogen-bond acceptors (Lipinski definition) is 4. The van der Waals surface area contributed by atoms with Gasteiger partial charge in [-0.05, 0) is 90.7 Å². The highest BCUT2D eigenvalue weighted by Crippen LogP contribution is 2.45. The van der Waals surface area contributed by atoms with Crippen molar-refractivity contribution < 1.29 is 9.59 Å². The van der Waals surface area contributed by atoms with Gasteiger partial charge in [0.1, 0.15) is 11.9 Å². The van der Waals surface area contributed by atoms with E-state index in [0.29, 0.717) is 13.0 Å². The number of rotatable bonds is 7. The lowest BCUT2D eigenvalue weighted by atomic mass is 9.74. The molecule has 1 aliphatic heterocycles. The number of H-pyrrole nitrogens is 2. The van der Waals surface area contributed by atoms with Crippen LogP contribution < -0.4 is 5.32 Å². The fourth-order valence-corrected chi connectivity index (χ4v) is 6.63. The van der Waals surface area contributed by atoms with E-state index in [1.54, 1.807) is 17.5 Å². The first kappa shape index (κ1) is 24.6. The van der Waals surface area contributed by atoms with Gasteiger partial charge in [-0.1, -0.05) is 26.0 Å². The van der Waals surface area contributed by atoms with Gasteiger partial charge in [0.05, 0.1) is 36.2 Å². The number of aromatic amines is 2. The molecular formula is C30H36N6O2. The molecule has 3 N–H and O–H groups in total. The molecule has 1 saturated heterocycles. The fraction of sp³-hybridized carbons (Fsp3) is 0.467. The summed E-state index contributed by atoms with van der Waals surface area (Å²) in [6, 6.07) is -0.588. The van der Waals surface area contributed by atoms with Gasteiger partial charge < -0.3 is 20.2 Å². The maximum atomic E-state index is 13.3. The summed E-state index contributed by atoms with van der Waals surface area (Å²) in [5, 5.41) is 2.72. The van der Waals surface area contributed by atoms with Gasteiger partial charge in [-0.2, -0.15) is 0 Å². The SMILES string of the molecule is CC(C)C(NC=O)C(=O)N1CCCC1c1ncc(C2=CC3=C(CC2)C2=C(C=C(c4cnc[nH]4)CC2)CC3)[nH]1. The van der Waals surface area contributed by atoms with Crippen molar-refractivity contribution in [1.29, 1.82) is 0 Å². The van der Waals surface area contributed by atoms with Crippen LogP contribution in [0.2, 0.25) is 0 Å². The number of aromatic nitrogens is 4. The normalized spacial score (nSPS) is 22.2. The number of carbonyl (C=O) groups is 2. The molecule has 3 aliphatic carbocycles. The topological polar surface area (TPSA) is 107 Å². The first-order valence-corrected chi connectivity index (χ1v) is 13.9. The number of nitrogens with zero attached hydrogens (tertiary/aromatic N) is 3. The highest BCUT2D eigenvalue weighted by atomic mass is 16.2.